The average molecular weight is 304 g/mol. The molecule has 1 N–H and O–H groups in total. The molecule has 21 heavy (non-hydrogen) atoms. The zero-order valence-electron chi connectivity index (χ0n) is 11.6. The second kappa shape index (κ2) is 7.04. The number of Topliss-reactive ketones (excluding diaryl/α,β-unsaturated/α-hetero) is 1. The quantitative estimate of drug-likeness (QED) is 0.850. The number of nitrogens with one attached hydrogen (secondary N) is 1. The molecule has 0 atom stereocenters. The van der Waals surface area contributed by atoms with Crippen LogP contribution in [0.15, 0.2) is 54.7 Å². The smallest absolute Gasteiger partial charge is 0.169 e. The number of carbonyl (C=O) groups is 1. The molecule has 2 aromatic rings. The van der Waals surface area contributed by atoms with Gasteiger partial charge in [-0.1, -0.05) is 35.9 Å². The molecule has 0 fully saturated rings. The molecule has 0 bridgehead atoms. The Morgan fingerprint density at radius 3 is 2.67 bits per heavy atom. The standard InChI is InChI=1S/C17H15ClFNO/c1-20-11-16(13-5-3-7-15(19)10-13)17(21)9-12-4-2-6-14(18)8-12/h2-8,10-11,20H,9H2,1H3. The largest absolute Gasteiger partial charge is 0.393 e. The van der Waals surface area contributed by atoms with E-state index in [9.17, 15) is 9.18 Å². The van der Waals surface area contributed by atoms with Crippen LogP contribution in [0.25, 0.3) is 5.57 Å². The predicted octanol–water partition coefficient (Wildman–Crippen LogP) is 3.85. The molecule has 0 aliphatic carbocycles. The van der Waals surface area contributed by atoms with E-state index in [0.717, 1.165) is 5.56 Å². The van der Waals surface area contributed by atoms with Gasteiger partial charge in [0.25, 0.3) is 0 Å². The lowest BCUT2D eigenvalue weighted by molar-refractivity contribution is -0.113. The van der Waals surface area contributed by atoms with Gasteiger partial charge in [-0.3, -0.25) is 4.79 Å². The maximum Gasteiger partial charge on any atom is 0.169 e. The molecule has 0 saturated heterocycles. The molecule has 2 rings (SSSR count). The summed E-state index contributed by atoms with van der Waals surface area (Å²) >= 11 is 5.92. The van der Waals surface area contributed by atoms with Gasteiger partial charge in [0, 0.05) is 30.3 Å². The summed E-state index contributed by atoms with van der Waals surface area (Å²) in [7, 11) is 1.70. The van der Waals surface area contributed by atoms with E-state index in [2.05, 4.69) is 5.32 Å². The molecule has 2 aromatic carbocycles. The topological polar surface area (TPSA) is 29.1 Å². The van der Waals surface area contributed by atoms with E-state index >= 15 is 0 Å². The summed E-state index contributed by atoms with van der Waals surface area (Å²) in [5.74, 6) is -0.470. The number of benzene rings is 2. The van der Waals surface area contributed by atoms with Crippen molar-refractivity contribution < 1.29 is 9.18 Å². The number of carbonyl (C=O) groups excluding carboxylic acids is 1. The summed E-state index contributed by atoms with van der Waals surface area (Å²) in [6, 6.07) is 13.1. The first-order valence-corrected chi connectivity index (χ1v) is 6.89. The van der Waals surface area contributed by atoms with Crippen molar-refractivity contribution in [2.75, 3.05) is 7.05 Å². The summed E-state index contributed by atoms with van der Waals surface area (Å²) in [5, 5.41) is 3.42. The van der Waals surface area contributed by atoms with Gasteiger partial charge in [-0.15, -0.1) is 0 Å². The number of rotatable bonds is 5. The van der Waals surface area contributed by atoms with E-state index in [0.29, 0.717) is 16.2 Å². The van der Waals surface area contributed by atoms with Crippen LogP contribution >= 0.6 is 11.6 Å². The van der Waals surface area contributed by atoms with Crippen LogP contribution < -0.4 is 5.32 Å². The van der Waals surface area contributed by atoms with Gasteiger partial charge in [0.1, 0.15) is 5.82 Å². The molecular weight excluding hydrogens is 289 g/mol. The van der Waals surface area contributed by atoms with E-state index in [1.54, 1.807) is 43.6 Å². The Bertz CT molecular complexity index is 682. The van der Waals surface area contributed by atoms with Gasteiger partial charge in [-0.05, 0) is 35.4 Å². The zero-order chi connectivity index (χ0) is 15.2. The zero-order valence-corrected chi connectivity index (χ0v) is 12.3. The molecular formula is C17H15ClFNO. The lowest BCUT2D eigenvalue weighted by Crippen LogP contribution is -2.09. The number of allylic oxidation sites excluding steroid dienone is 1. The maximum atomic E-state index is 13.3. The lowest BCUT2D eigenvalue weighted by atomic mass is 9.97. The van der Waals surface area contributed by atoms with Crippen LogP contribution in [-0.2, 0) is 11.2 Å². The fourth-order valence-corrected chi connectivity index (χ4v) is 2.27. The lowest BCUT2D eigenvalue weighted by Gasteiger charge is -2.08. The van der Waals surface area contributed by atoms with Crippen molar-refractivity contribution in [3.63, 3.8) is 0 Å². The fourth-order valence-electron chi connectivity index (χ4n) is 2.05. The van der Waals surface area contributed by atoms with Crippen LogP contribution in [0.3, 0.4) is 0 Å². The van der Waals surface area contributed by atoms with Crippen LogP contribution in [0.2, 0.25) is 5.02 Å². The van der Waals surface area contributed by atoms with Crippen LogP contribution in [0.4, 0.5) is 4.39 Å². The molecule has 0 saturated carbocycles. The molecule has 0 heterocycles. The SMILES string of the molecule is CNC=C(C(=O)Cc1cccc(Cl)c1)c1cccc(F)c1. The molecule has 108 valence electrons. The predicted molar refractivity (Wildman–Crippen MR) is 83.6 cm³/mol. The van der Waals surface area contributed by atoms with E-state index in [-0.39, 0.29) is 18.0 Å². The van der Waals surface area contributed by atoms with Crippen molar-refractivity contribution in [2.24, 2.45) is 0 Å². The van der Waals surface area contributed by atoms with E-state index in [1.807, 2.05) is 6.07 Å². The molecule has 2 nitrogen and oxygen atoms in total. The van der Waals surface area contributed by atoms with Crippen molar-refractivity contribution in [1.82, 2.24) is 5.32 Å². The Hall–Kier alpha value is -2.13. The average Bonchev–Trinajstić information content (AvgIpc) is 2.44. The molecule has 0 aromatic heterocycles. The Kier molecular flexibility index (Phi) is 5.12. The molecule has 0 amide bonds. The number of hydrogen-bond acceptors (Lipinski definition) is 2. The first kappa shape index (κ1) is 15.3. The third-order valence-corrected chi connectivity index (χ3v) is 3.21. The van der Waals surface area contributed by atoms with Crippen molar-refractivity contribution in [2.45, 2.75) is 6.42 Å². The minimum Gasteiger partial charge on any atom is -0.393 e. The number of hydrogen-bond donors (Lipinski definition) is 1. The number of ketones is 1. The van der Waals surface area contributed by atoms with Gasteiger partial charge in [-0.25, -0.2) is 4.39 Å². The third-order valence-electron chi connectivity index (χ3n) is 2.98. The van der Waals surface area contributed by atoms with Crippen LogP contribution in [0.1, 0.15) is 11.1 Å². The summed E-state index contributed by atoms with van der Waals surface area (Å²) in [6.07, 6.45) is 1.80. The van der Waals surface area contributed by atoms with Crippen LogP contribution in [0, 0.1) is 5.82 Å². The van der Waals surface area contributed by atoms with Crippen molar-refractivity contribution in [3.8, 4) is 0 Å². The second-order valence-electron chi connectivity index (χ2n) is 4.59. The van der Waals surface area contributed by atoms with E-state index in [1.165, 1.54) is 12.1 Å². The summed E-state index contributed by atoms with van der Waals surface area (Å²) < 4.78 is 13.3. The Morgan fingerprint density at radius 2 is 2.00 bits per heavy atom. The Labute approximate surface area is 128 Å². The van der Waals surface area contributed by atoms with Crippen molar-refractivity contribution in [1.29, 1.82) is 0 Å². The molecule has 4 heteroatoms. The molecule has 0 aliphatic rings. The summed E-state index contributed by atoms with van der Waals surface area (Å²) in [6.45, 7) is 0. The fraction of sp³-hybridized carbons (Fsp3) is 0.118. The minimum atomic E-state index is -0.370. The Balaban J connectivity index is 2.27. The van der Waals surface area contributed by atoms with Gasteiger partial charge < -0.3 is 5.32 Å². The second-order valence-corrected chi connectivity index (χ2v) is 5.02. The first-order chi connectivity index (χ1) is 10.1. The monoisotopic (exact) mass is 303 g/mol. The van der Waals surface area contributed by atoms with E-state index in [4.69, 9.17) is 11.6 Å². The normalized spacial score (nSPS) is 11.3. The van der Waals surface area contributed by atoms with Gasteiger partial charge in [-0.2, -0.15) is 0 Å². The molecule has 0 aliphatic heterocycles. The molecule has 0 spiro atoms. The van der Waals surface area contributed by atoms with Gasteiger partial charge >= 0.3 is 0 Å². The van der Waals surface area contributed by atoms with E-state index < -0.39 is 0 Å². The highest BCUT2D eigenvalue weighted by Gasteiger charge is 2.13. The highest BCUT2D eigenvalue weighted by molar-refractivity contribution is 6.30. The molecule has 0 radical (unpaired) electrons. The number of halogens is 2. The summed E-state index contributed by atoms with van der Waals surface area (Å²) in [5.41, 5.74) is 1.82. The van der Waals surface area contributed by atoms with Gasteiger partial charge in [0.05, 0.1) is 0 Å². The van der Waals surface area contributed by atoms with Crippen LogP contribution in [-0.4, -0.2) is 12.8 Å². The third kappa shape index (κ3) is 4.17. The van der Waals surface area contributed by atoms with Crippen LogP contribution in [0.5, 0.6) is 0 Å². The van der Waals surface area contributed by atoms with Gasteiger partial charge in [0.15, 0.2) is 5.78 Å². The molecule has 0 unspecified atom stereocenters. The highest BCUT2D eigenvalue weighted by Crippen LogP contribution is 2.19. The summed E-state index contributed by atoms with van der Waals surface area (Å²) in [4.78, 5) is 12.5. The minimum absolute atomic E-state index is 0.0998. The van der Waals surface area contributed by atoms with Crippen molar-refractivity contribution >= 4 is 23.0 Å². The van der Waals surface area contributed by atoms with Gasteiger partial charge in [0.2, 0.25) is 0 Å². The maximum absolute atomic E-state index is 13.3. The first-order valence-electron chi connectivity index (χ1n) is 6.51. The highest BCUT2D eigenvalue weighted by atomic mass is 35.5. The van der Waals surface area contributed by atoms with Crippen molar-refractivity contribution in [3.05, 3.63) is 76.7 Å². The Morgan fingerprint density at radius 1 is 1.24 bits per heavy atom.